The Morgan fingerprint density at radius 1 is 1.40 bits per heavy atom. The van der Waals surface area contributed by atoms with Crippen LogP contribution in [-0.2, 0) is 0 Å². The minimum Gasteiger partial charge on any atom is -1.00 e. The first-order valence-electron chi connectivity index (χ1n) is 4.17. The van der Waals surface area contributed by atoms with Crippen molar-refractivity contribution in [2.45, 2.75) is 26.4 Å². The van der Waals surface area contributed by atoms with Crippen LogP contribution in [-0.4, -0.2) is 29.2 Å². The Morgan fingerprint density at radius 2 is 2.00 bits per heavy atom. The Balaban J connectivity index is 0. The third kappa shape index (κ3) is 5.68. The van der Waals surface area contributed by atoms with E-state index in [2.05, 4.69) is 6.07 Å². The van der Waals surface area contributed by atoms with Crippen LogP contribution in [0.4, 0.5) is 8.78 Å². The fourth-order valence-electron chi connectivity index (χ4n) is 0.797. The molecule has 0 aliphatic carbocycles. The van der Waals surface area contributed by atoms with Crippen molar-refractivity contribution in [3.8, 4) is 5.75 Å². The minimum absolute atomic E-state index is 0. The van der Waals surface area contributed by atoms with Gasteiger partial charge in [0, 0.05) is 11.6 Å². The van der Waals surface area contributed by atoms with E-state index in [1.807, 2.05) is 13.8 Å². The van der Waals surface area contributed by atoms with Gasteiger partial charge in [-0.2, -0.15) is 0 Å². The number of hydrogen-bond donors (Lipinski definition) is 0. The average molecular weight is 289 g/mol. The molecule has 0 bridgehead atoms. The monoisotopic (exact) mass is 288 g/mol. The van der Waals surface area contributed by atoms with Gasteiger partial charge in [-0.25, -0.2) is 4.39 Å². The summed E-state index contributed by atoms with van der Waals surface area (Å²) in [5, 5.41) is 0. The van der Waals surface area contributed by atoms with E-state index in [0.29, 0.717) is 0 Å². The molecule has 1 aromatic carbocycles. The third-order valence-corrected chi connectivity index (χ3v) is 1.73. The van der Waals surface area contributed by atoms with Crippen molar-refractivity contribution < 1.29 is 30.5 Å². The van der Waals surface area contributed by atoms with Gasteiger partial charge >= 0.3 is 23.1 Å². The topological polar surface area (TPSA) is 9.23 Å². The van der Waals surface area contributed by atoms with Crippen molar-refractivity contribution in [3.63, 3.8) is 0 Å². The van der Waals surface area contributed by atoms with Crippen LogP contribution < -0.4 is 21.7 Å². The number of ether oxygens (including phenoxy) is 1. The van der Waals surface area contributed by atoms with Gasteiger partial charge in [-0.1, -0.05) is 13.0 Å². The molecular formula is C10H11BrF2MgO. The number of rotatable bonds is 3. The van der Waals surface area contributed by atoms with Crippen LogP contribution in [0.15, 0.2) is 12.1 Å². The van der Waals surface area contributed by atoms with E-state index in [0.717, 1.165) is 18.6 Å². The maximum Gasteiger partial charge on any atom is 2.00 e. The minimum atomic E-state index is -0.906. The van der Waals surface area contributed by atoms with E-state index >= 15 is 0 Å². The molecule has 0 saturated carbocycles. The van der Waals surface area contributed by atoms with Gasteiger partial charge in [-0.05, 0) is 13.3 Å². The van der Waals surface area contributed by atoms with Gasteiger partial charge in [0.1, 0.15) is 0 Å². The van der Waals surface area contributed by atoms with Gasteiger partial charge in [0.2, 0.25) is 0 Å². The molecule has 1 nitrogen and oxygen atoms in total. The molecule has 0 aromatic heterocycles. The summed E-state index contributed by atoms with van der Waals surface area (Å²) in [6.07, 6.45) is 0.799. The van der Waals surface area contributed by atoms with Crippen LogP contribution in [0.1, 0.15) is 20.3 Å². The zero-order chi connectivity index (χ0) is 9.84. The van der Waals surface area contributed by atoms with Gasteiger partial charge in [0.15, 0.2) is 0 Å². The maximum absolute atomic E-state index is 12.7. The first-order chi connectivity index (χ1) is 6.13. The summed E-state index contributed by atoms with van der Waals surface area (Å²) in [6.45, 7) is 3.81. The number of hydrogen-bond acceptors (Lipinski definition) is 1. The molecule has 0 fully saturated rings. The van der Waals surface area contributed by atoms with Gasteiger partial charge in [0.05, 0.1) is 11.9 Å². The molecular weight excluding hydrogens is 278 g/mol. The van der Waals surface area contributed by atoms with Gasteiger partial charge in [-0.15, -0.1) is 12.1 Å². The zero-order valence-corrected chi connectivity index (χ0v) is 11.7. The van der Waals surface area contributed by atoms with E-state index < -0.39 is 11.6 Å². The smallest absolute Gasteiger partial charge is 1.00 e. The van der Waals surface area contributed by atoms with Crippen LogP contribution in [0.3, 0.4) is 0 Å². The fraction of sp³-hybridized carbons (Fsp3) is 0.400. The molecule has 0 N–H and O–H groups in total. The van der Waals surface area contributed by atoms with Crippen molar-refractivity contribution in [2.75, 3.05) is 0 Å². The predicted molar refractivity (Wildman–Crippen MR) is 51.3 cm³/mol. The molecule has 0 amide bonds. The Bertz CT molecular complexity index is 297. The van der Waals surface area contributed by atoms with Crippen LogP contribution >= 0.6 is 0 Å². The summed E-state index contributed by atoms with van der Waals surface area (Å²) in [7, 11) is 0. The maximum atomic E-state index is 12.7. The molecule has 0 saturated heterocycles. The Hall–Kier alpha value is 0.126. The second kappa shape index (κ2) is 8.30. The van der Waals surface area contributed by atoms with E-state index in [1.54, 1.807) is 0 Å². The molecule has 5 heteroatoms. The van der Waals surface area contributed by atoms with E-state index in [-0.39, 0.29) is 51.9 Å². The summed E-state index contributed by atoms with van der Waals surface area (Å²) in [5.74, 6) is -1.57. The first kappa shape index (κ1) is 17.5. The van der Waals surface area contributed by atoms with Crippen molar-refractivity contribution in [2.24, 2.45) is 0 Å². The van der Waals surface area contributed by atoms with Crippen molar-refractivity contribution in [1.82, 2.24) is 0 Å². The summed E-state index contributed by atoms with van der Waals surface area (Å²) in [6, 6.07) is 4.44. The summed E-state index contributed by atoms with van der Waals surface area (Å²) < 4.78 is 30.4. The summed E-state index contributed by atoms with van der Waals surface area (Å²) >= 11 is 0. The molecule has 1 unspecified atom stereocenters. The molecule has 1 atom stereocenters. The zero-order valence-electron chi connectivity index (χ0n) is 8.69. The SMILES string of the molecule is CCC(C)Oc1[c-]cc(F)c(F)c1.[Br-].[Mg+2]. The largest absolute Gasteiger partial charge is 2.00 e. The first-order valence-corrected chi connectivity index (χ1v) is 4.17. The van der Waals surface area contributed by atoms with Crippen molar-refractivity contribution in [3.05, 3.63) is 29.8 Å². The van der Waals surface area contributed by atoms with Crippen LogP contribution in [0, 0.1) is 17.7 Å². The second-order valence-corrected chi connectivity index (χ2v) is 2.83. The Labute approximate surface area is 115 Å². The number of halogens is 3. The molecule has 1 aromatic rings. The standard InChI is InChI=1S/C10H11F2O.BrH.Mg/c1-3-7(2)13-8-4-5-9(11)10(12)6-8;;/h5-7H,3H2,1-2H3;1H;/q-1;;+2/p-1. The quantitative estimate of drug-likeness (QED) is 0.542. The number of benzene rings is 1. The van der Waals surface area contributed by atoms with Crippen molar-refractivity contribution in [1.29, 1.82) is 0 Å². The van der Waals surface area contributed by atoms with Crippen molar-refractivity contribution >= 4 is 23.1 Å². The fourth-order valence-corrected chi connectivity index (χ4v) is 0.797. The van der Waals surface area contributed by atoms with E-state index in [9.17, 15) is 8.78 Å². The molecule has 80 valence electrons. The van der Waals surface area contributed by atoms with Crippen LogP contribution in [0.5, 0.6) is 5.75 Å². The predicted octanol–water partition coefficient (Wildman–Crippen LogP) is -0.435. The van der Waals surface area contributed by atoms with E-state index in [1.165, 1.54) is 0 Å². The third-order valence-electron chi connectivity index (χ3n) is 1.73. The van der Waals surface area contributed by atoms with Gasteiger partial charge in [0.25, 0.3) is 0 Å². The van der Waals surface area contributed by atoms with E-state index in [4.69, 9.17) is 4.74 Å². The van der Waals surface area contributed by atoms with Gasteiger partial charge in [-0.3, -0.25) is 4.39 Å². The van der Waals surface area contributed by atoms with Crippen LogP contribution in [0.2, 0.25) is 0 Å². The molecule has 0 aliphatic rings. The summed E-state index contributed by atoms with van der Waals surface area (Å²) in [5.41, 5.74) is 0. The molecule has 0 spiro atoms. The average Bonchev–Trinajstić information content (AvgIpc) is 2.11. The molecule has 1 rings (SSSR count). The summed E-state index contributed by atoms with van der Waals surface area (Å²) in [4.78, 5) is 0. The molecule has 0 aliphatic heterocycles. The Kier molecular flexibility index (Phi) is 9.69. The van der Waals surface area contributed by atoms with Crippen LogP contribution in [0.25, 0.3) is 0 Å². The normalized spacial score (nSPS) is 10.9. The molecule has 0 heterocycles. The molecule has 0 radical (unpaired) electrons. The molecule has 15 heavy (non-hydrogen) atoms. The Morgan fingerprint density at radius 3 is 2.47 bits per heavy atom. The van der Waals surface area contributed by atoms with Gasteiger partial charge < -0.3 is 21.7 Å². The second-order valence-electron chi connectivity index (χ2n) is 2.83.